The Morgan fingerprint density at radius 2 is 1.82 bits per heavy atom. The first-order chi connectivity index (χ1) is 16.1. The molecule has 0 spiro atoms. The Labute approximate surface area is 193 Å². The molecule has 7 heteroatoms. The van der Waals surface area contributed by atoms with Crippen LogP contribution in [0.1, 0.15) is 29.0 Å². The molecule has 4 rings (SSSR count). The molecule has 2 heterocycles. The third-order valence-electron chi connectivity index (χ3n) is 5.85. The van der Waals surface area contributed by atoms with Gasteiger partial charge >= 0.3 is 0 Å². The second kappa shape index (κ2) is 10.7. The number of nitrogens with zero attached hydrogens (tertiary/aromatic N) is 1. The minimum atomic E-state index is -0.342. The molecule has 0 unspecified atom stereocenters. The number of anilines is 1. The maximum Gasteiger partial charge on any atom is 0.291 e. The summed E-state index contributed by atoms with van der Waals surface area (Å²) in [5.74, 6) is 1.82. The quantitative estimate of drug-likeness (QED) is 0.552. The number of hydrogen-bond donors (Lipinski definition) is 1. The van der Waals surface area contributed by atoms with Gasteiger partial charge in [0.05, 0.1) is 13.4 Å². The molecule has 1 aromatic heterocycles. The lowest BCUT2D eigenvalue weighted by Crippen LogP contribution is -2.41. The maximum absolute atomic E-state index is 12.6. The molecule has 3 aromatic rings. The third kappa shape index (κ3) is 6.16. The number of rotatable bonds is 8. The van der Waals surface area contributed by atoms with Crippen LogP contribution in [-0.2, 0) is 11.2 Å². The van der Waals surface area contributed by atoms with Crippen molar-refractivity contribution in [1.29, 1.82) is 0 Å². The summed E-state index contributed by atoms with van der Waals surface area (Å²) in [5.41, 5.74) is 1.86. The van der Waals surface area contributed by atoms with Crippen LogP contribution in [0.25, 0.3) is 0 Å². The number of likely N-dealkylation sites (tertiary alicyclic amines) is 1. The van der Waals surface area contributed by atoms with E-state index < -0.39 is 0 Å². The summed E-state index contributed by atoms with van der Waals surface area (Å²) in [5, 5.41) is 2.75. The zero-order chi connectivity index (χ0) is 23.0. The Morgan fingerprint density at radius 1 is 1.03 bits per heavy atom. The summed E-state index contributed by atoms with van der Waals surface area (Å²) in [6.45, 7) is 1.45. The summed E-state index contributed by atoms with van der Waals surface area (Å²) >= 11 is 0. The number of piperidine rings is 1. The zero-order valence-electron chi connectivity index (χ0n) is 18.7. The first-order valence-corrected chi connectivity index (χ1v) is 11.1. The summed E-state index contributed by atoms with van der Waals surface area (Å²) in [7, 11) is 1.67. The highest BCUT2D eigenvalue weighted by Crippen LogP contribution is 2.24. The van der Waals surface area contributed by atoms with Gasteiger partial charge in [0.2, 0.25) is 0 Å². The van der Waals surface area contributed by atoms with Crippen molar-refractivity contribution in [3.8, 4) is 11.5 Å². The van der Waals surface area contributed by atoms with E-state index in [-0.39, 0.29) is 24.2 Å². The summed E-state index contributed by atoms with van der Waals surface area (Å²) in [6.07, 6.45) is 4.42. The highest BCUT2D eigenvalue weighted by atomic mass is 16.5. The Hall–Kier alpha value is -3.74. The topological polar surface area (TPSA) is 81.0 Å². The van der Waals surface area contributed by atoms with E-state index >= 15 is 0 Å². The van der Waals surface area contributed by atoms with E-state index in [1.165, 1.54) is 11.8 Å². The van der Waals surface area contributed by atoms with E-state index in [0.717, 1.165) is 38.1 Å². The van der Waals surface area contributed by atoms with Crippen molar-refractivity contribution in [2.45, 2.75) is 19.3 Å². The minimum absolute atomic E-state index is 0.0251. The molecule has 1 aliphatic heterocycles. The van der Waals surface area contributed by atoms with Crippen molar-refractivity contribution < 1.29 is 23.5 Å². The van der Waals surface area contributed by atoms with Crippen molar-refractivity contribution in [3.05, 3.63) is 78.3 Å². The highest BCUT2D eigenvalue weighted by Gasteiger charge is 2.23. The van der Waals surface area contributed by atoms with Gasteiger partial charge in [0.25, 0.3) is 11.8 Å². The molecular formula is C26H28N2O5. The summed E-state index contributed by atoms with van der Waals surface area (Å²) < 4.78 is 16.0. The predicted molar refractivity (Wildman–Crippen MR) is 125 cm³/mol. The number of methoxy groups -OCH3 is 1. The fourth-order valence-corrected chi connectivity index (χ4v) is 3.98. The maximum atomic E-state index is 12.6. The van der Waals surface area contributed by atoms with Gasteiger partial charge < -0.3 is 24.1 Å². The number of hydrogen-bond acceptors (Lipinski definition) is 5. The van der Waals surface area contributed by atoms with Crippen molar-refractivity contribution in [2.75, 3.05) is 32.1 Å². The first-order valence-electron chi connectivity index (χ1n) is 11.1. The lowest BCUT2D eigenvalue weighted by molar-refractivity contribution is -0.134. The van der Waals surface area contributed by atoms with E-state index in [4.69, 9.17) is 13.9 Å². The molecule has 2 aromatic carbocycles. The fraction of sp³-hybridized carbons (Fsp3) is 0.308. The Balaban J connectivity index is 1.22. The molecule has 1 N–H and O–H groups in total. The molecule has 0 saturated carbocycles. The Kier molecular flexibility index (Phi) is 7.29. The van der Waals surface area contributed by atoms with Crippen molar-refractivity contribution in [1.82, 2.24) is 4.90 Å². The van der Waals surface area contributed by atoms with Crippen LogP contribution < -0.4 is 14.8 Å². The number of carbonyl (C=O) groups is 2. The van der Waals surface area contributed by atoms with Crippen LogP contribution >= 0.6 is 0 Å². The molecule has 2 amide bonds. The van der Waals surface area contributed by atoms with E-state index in [0.29, 0.717) is 17.4 Å². The van der Waals surface area contributed by atoms with E-state index in [9.17, 15) is 9.59 Å². The minimum Gasteiger partial charge on any atom is -0.497 e. The van der Waals surface area contributed by atoms with Crippen LogP contribution in [0.5, 0.6) is 11.5 Å². The zero-order valence-corrected chi connectivity index (χ0v) is 18.7. The fourth-order valence-electron chi connectivity index (χ4n) is 3.98. The molecular weight excluding hydrogens is 420 g/mol. The second-order valence-corrected chi connectivity index (χ2v) is 8.12. The molecule has 0 aliphatic carbocycles. The normalized spacial score (nSPS) is 14.0. The van der Waals surface area contributed by atoms with Gasteiger partial charge in [0, 0.05) is 24.8 Å². The molecule has 172 valence electrons. The number of amides is 2. The molecule has 1 fully saturated rings. The van der Waals surface area contributed by atoms with Gasteiger partial charge in [-0.1, -0.05) is 18.2 Å². The monoisotopic (exact) mass is 448 g/mol. The smallest absolute Gasteiger partial charge is 0.291 e. The van der Waals surface area contributed by atoms with Crippen molar-refractivity contribution in [3.63, 3.8) is 0 Å². The average molecular weight is 449 g/mol. The van der Waals surface area contributed by atoms with Crippen LogP contribution in [0, 0.1) is 5.92 Å². The van der Waals surface area contributed by atoms with Gasteiger partial charge in [-0.25, -0.2) is 0 Å². The highest BCUT2D eigenvalue weighted by molar-refractivity contribution is 6.02. The molecule has 1 aliphatic rings. The van der Waals surface area contributed by atoms with Gasteiger partial charge in [-0.15, -0.1) is 0 Å². The molecule has 1 saturated heterocycles. The largest absolute Gasteiger partial charge is 0.497 e. The van der Waals surface area contributed by atoms with E-state index in [1.807, 2.05) is 17.0 Å². The predicted octanol–water partition coefficient (Wildman–Crippen LogP) is 4.40. The number of carbonyl (C=O) groups excluding carboxylic acids is 2. The van der Waals surface area contributed by atoms with Gasteiger partial charge in [-0.2, -0.15) is 0 Å². The molecule has 0 bridgehead atoms. The summed E-state index contributed by atoms with van der Waals surface area (Å²) in [4.78, 5) is 26.6. The van der Waals surface area contributed by atoms with Crippen LogP contribution in [0.3, 0.4) is 0 Å². The number of benzene rings is 2. The lowest BCUT2D eigenvalue weighted by atomic mass is 9.90. The SMILES string of the molecule is COc1ccc(CC2CCN(C(=O)COc3cccc(NC(=O)c4ccco4)c3)CC2)cc1. The van der Waals surface area contributed by atoms with E-state index in [2.05, 4.69) is 17.4 Å². The van der Waals surface area contributed by atoms with E-state index in [1.54, 1.807) is 43.5 Å². The summed E-state index contributed by atoms with van der Waals surface area (Å²) in [6, 6.07) is 18.4. The molecule has 7 nitrogen and oxygen atoms in total. The Morgan fingerprint density at radius 3 is 2.52 bits per heavy atom. The van der Waals surface area contributed by atoms with Crippen LogP contribution in [0.15, 0.2) is 71.3 Å². The van der Waals surface area contributed by atoms with Crippen LogP contribution in [-0.4, -0.2) is 43.5 Å². The Bertz CT molecular complexity index is 1050. The van der Waals surface area contributed by atoms with Gasteiger partial charge in [0.1, 0.15) is 11.5 Å². The van der Waals surface area contributed by atoms with Gasteiger partial charge in [-0.05, 0) is 67.1 Å². The third-order valence-corrected chi connectivity index (χ3v) is 5.85. The van der Waals surface area contributed by atoms with Crippen molar-refractivity contribution in [2.24, 2.45) is 5.92 Å². The number of ether oxygens (including phenoxy) is 2. The molecule has 33 heavy (non-hydrogen) atoms. The van der Waals surface area contributed by atoms with Gasteiger partial charge in [0.15, 0.2) is 12.4 Å². The number of furan rings is 1. The lowest BCUT2D eigenvalue weighted by Gasteiger charge is -2.32. The number of nitrogens with one attached hydrogen (secondary N) is 1. The van der Waals surface area contributed by atoms with Crippen LogP contribution in [0.4, 0.5) is 5.69 Å². The standard InChI is InChI=1S/C26H28N2O5/c1-31-22-9-7-19(8-10-22)16-20-11-13-28(14-12-20)25(29)18-33-23-5-2-4-21(17-23)27-26(30)24-6-3-15-32-24/h2-10,15,17,20H,11-14,16,18H2,1H3,(H,27,30). The van der Waals surface area contributed by atoms with Crippen LogP contribution in [0.2, 0.25) is 0 Å². The second-order valence-electron chi connectivity index (χ2n) is 8.12. The first kappa shape index (κ1) is 22.5. The van der Waals surface area contributed by atoms with Gasteiger partial charge in [-0.3, -0.25) is 9.59 Å². The average Bonchev–Trinajstić information content (AvgIpc) is 3.39. The van der Waals surface area contributed by atoms with Crippen molar-refractivity contribution >= 4 is 17.5 Å². The molecule has 0 radical (unpaired) electrons. The molecule has 0 atom stereocenters.